The summed E-state index contributed by atoms with van der Waals surface area (Å²) in [6.45, 7) is 4.83. The highest BCUT2D eigenvalue weighted by atomic mass is 35.5. The van der Waals surface area contributed by atoms with Crippen molar-refractivity contribution < 1.29 is 0 Å². The molecule has 34 heavy (non-hydrogen) atoms. The number of nitrogens with zero attached hydrogens (tertiary/aromatic N) is 3. The van der Waals surface area contributed by atoms with Crippen molar-refractivity contribution in [3.63, 3.8) is 0 Å². The molecule has 8 heteroatoms. The van der Waals surface area contributed by atoms with Gasteiger partial charge in [-0.1, -0.05) is 120 Å². The van der Waals surface area contributed by atoms with E-state index in [1.54, 1.807) is 7.05 Å². The Morgan fingerprint density at radius 3 is 2.00 bits per heavy atom. The lowest BCUT2D eigenvalue weighted by Gasteiger charge is -2.08. The number of unbranched alkanes of at least 4 members (excludes halogenated alkanes) is 13. The van der Waals surface area contributed by atoms with E-state index in [0.29, 0.717) is 16.9 Å². The van der Waals surface area contributed by atoms with Gasteiger partial charge in [0.2, 0.25) is 0 Å². The van der Waals surface area contributed by atoms with Crippen LogP contribution in [-0.2, 0) is 13.6 Å². The molecular weight excluding hydrogens is 468 g/mol. The minimum atomic E-state index is -0.438. The highest BCUT2D eigenvalue weighted by Crippen LogP contribution is 2.23. The fourth-order valence-electron chi connectivity index (χ4n) is 4.23. The molecule has 0 radical (unpaired) electrons. The number of nitrogens with one attached hydrogen (secondary N) is 1. The second kappa shape index (κ2) is 16.2. The third kappa shape index (κ3) is 9.65. The van der Waals surface area contributed by atoms with E-state index in [0.717, 1.165) is 29.6 Å². The molecule has 0 bridgehead atoms. The number of aromatic amines is 1. The van der Waals surface area contributed by atoms with Gasteiger partial charge < -0.3 is 4.57 Å². The second-order valence-electron chi connectivity index (χ2n) is 9.23. The van der Waals surface area contributed by atoms with E-state index in [1.807, 2.05) is 17.6 Å². The van der Waals surface area contributed by atoms with Crippen LogP contribution in [-0.4, -0.2) is 24.9 Å². The van der Waals surface area contributed by atoms with Crippen molar-refractivity contribution >= 4 is 34.5 Å². The molecule has 0 spiro atoms. The summed E-state index contributed by atoms with van der Waals surface area (Å²) in [5.41, 5.74) is 0.109. The van der Waals surface area contributed by atoms with Crippen LogP contribution in [0.15, 0.2) is 25.9 Å². The summed E-state index contributed by atoms with van der Waals surface area (Å²) in [4.78, 5) is 31.6. The lowest BCUT2D eigenvalue weighted by molar-refractivity contribution is 0.519. The summed E-state index contributed by atoms with van der Waals surface area (Å²) in [6.07, 6.45) is 20.3. The lowest BCUT2D eigenvalue weighted by Crippen LogP contribution is -2.29. The first-order valence-corrected chi connectivity index (χ1v) is 14.5. The molecular formula is C26H43ClN4O2S. The number of hydrogen-bond acceptors (Lipinski definition) is 4. The molecule has 2 aromatic heterocycles. The Hall–Kier alpha value is -1.47. The van der Waals surface area contributed by atoms with Crippen molar-refractivity contribution in [2.75, 3.05) is 5.75 Å². The molecule has 0 aromatic carbocycles. The van der Waals surface area contributed by atoms with Crippen molar-refractivity contribution in [2.24, 2.45) is 7.05 Å². The van der Waals surface area contributed by atoms with Crippen molar-refractivity contribution in [1.29, 1.82) is 0 Å². The average molecular weight is 511 g/mol. The van der Waals surface area contributed by atoms with Crippen LogP contribution in [0.1, 0.15) is 104 Å². The maximum atomic E-state index is 12.5. The number of fused-ring (bicyclic) bond motifs is 1. The maximum absolute atomic E-state index is 12.5. The fourth-order valence-corrected chi connectivity index (χ4v) is 5.37. The molecule has 0 saturated carbocycles. The van der Waals surface area contributed by atoms with E-state index < -0.39 is 5.69 Å². The molecule has 0 aliphatic heterocycles. The second-order valence-corrected chi connectivity index (χ2v) is 10.8. The van der Waals surface area contributed by atoms with E-state index in [-0.39, 0.29) is 5.56 Å². The Morgan fingerprint density at radius 2 is 1.47 bits per heavy atom. The van der Waals surface area contributed by atoms with E-state index in [4.69, 9.17) is 11.6 Å². The SMILES string of the molecule is CCCCCCCCCCCCCCCCn1c(SC/C=C(\C)Cl)nc2c1c(=O)[nH]c(=O)n2C. The highest BCUT2D eigenvalue weighted by Gasteiger charge is 2.17. The molecule has 2 rings (SSSR count). The summed E-state index contributed by atoms with van der Waals surface area (Å²) in [6, 6.07) is 0. The van der Waals surface area contributed by atoms with E-state index in [9.17, 15) is 9.59 Å². The molecule has 0 amide bonds. The normalized spacial score (nSPS) is 12.2. The number of halogens is 1. The van der Waals surface area contributed by atoms with Gasteiger partial charge in [-0.15, -0.1) is 0 Å². The predicted molar refractivity (Wildman–Crippen MR) is 146 cm³/mol. The Bertz CT molecular complexity index is 1000. The molecule has 0 aliphatic carbocycles. The quantitative estimate of drug-likeness (QED) is 0.171. The predicted octanol–water partition coefficient (Wildman–Crippen LogP) is 7.14. The van der Waals surface area contributed by atoms with Gasteiger partial charge in [-0.05, 0) is 13.3 Å². The Morgan fingerprint density at radius 1 is 0.941 bits per heavy atom. The number of imidazole rings is 1. The van der Waals surface area contributed by atoms with Crippen LogP contribution in [0.4, 0.5) is 0 Å². The van der Waals surface area contributed by atoms with Crippen LogP contribution in [0.2, 0.25) is 0 Å². The number of hydrogen-bond donors (Lipinski definition) is 1. The Labute approximate surface area is 213 Å². The van der Waals surface area contributed by atoms with E-state index in [1.165, 1.54) is 93.4 Å². The fraction of sp³-hybridized carbons (Fsp3) is 0.731. The minimum absolute atomic E-state index is 0.369. The Kier molecular flexibility index (Phi) is 13.7. The van der Waals surface area contributed by atoms with Gasteiger partial charge in [0, 0.05) is 24.4 Å². The van der Waals surface area contributed by atoms with Crippen LogP contribution in [0.5, 0.6) is 0 Å². The molecule has 2 heterocycles. The largest absolute Gasteiger partial charge is 0.329 e. The summed E-state index contributed by atoms with van der Waals surface area (Å²) in [5, 5.41) is 1.48. The highest BCUT2D eigenvalue weighted by molar-refractivity contribution is 7.99. The topological polar surface area (TPSA) is 72.7 Å². The van der Waals surface area contributed by atoms with Gasteiger partial charge in [0.25, 0.3) is 5.56 Å². The zero-order valence-electron chi connectivity index (χ0n) is 21.3. The van der Waals surface area contributed by atoms with Crippen molar-refractivity contribution in [2.45, 2.75) is 115 Å². The molecule has 6 nitrogen and oxygen atoms in total. The summed E-state index contributed by atoms with van der Waals surface area (Å²) in [5.74, 6) is 0.670. The van der Waals surface area contributed by atoms with Gasteiger partial charge in [-0.25, -0.2) is 9.78 Å². The van der Waals surface area contributed by atoms with Gasteiger partial charge in [0.05, 0.1) is 0 Å². The van der Waals surface area contributed by atoms with Crippen molar-refractivity contribution in [1.82, 2.24) is 19.1 Å². The lowest BCUT2D eigenvalue weighted by atomic mass is 10.0. The smallest absolute Gasteiger partial charge is 0.313 e. The number of rotatable bonds is 18. The van der Waals surface area contributed by atoms with E-state index in [2.05, 4.69) is 16.9 Å². The molecule has 0 aliphatic rings. The first-order chi connectivity index (χ1) is 16.5. The third-order valence-corrected chi connectivity index (χ3v) is 7.34. The number of allylic oxidation sites excluding steroid dienone is 1. The molecule has 2 aromatic rings. The molecule has 0 unspecified atom stereocenters. The molecule has 192 valence electrons. The standard InChI is InChI=1S/C26H43ClN4O2S/c1-4-5-6-7-8-9-10-11-12-13-14-15-16-17-19-31-22-23(30(3)25(33)29-24(22)32)28-26(31)34-20-18-21(2)27/h18H,4-17,19-20H2,1-3H3,(H,29,32,33)/b21-18+. The van der Waals surface area contributed by atoms with Crippen molar-refractivity contribution in [3.05, 3.63) is 31.9 Å². The van der Waals surface area contributed by atoms with Crippen LogP contribution in [0.25, 0.3) is 11.2 Å². The van der Waals surface area contributed by atoms with Crippen LogP contribution < -0.4 is 11.2 Å². The summed E-state index contributed by atoms with van der Waals surface area (Å²) >= 11 is 7.49. The molecule has 0 atom stereocenters. The number of H-pyrrole nitrogens is 1. The third-order valence-electron chi connectivity index (χ3n) is 6.28. The first-order valence-electron chi connectivity index (χ1n) is 13.1. The summed E-state index contributed by atoms with van der Waals surface area (Å²) < 4.78 is 3.38. The number of aromatic nitrogens is 4. The molecule has 0 fully saturated rings. The van der Waals surface area contributed by atoms with Gasteiger partial charge >= 0.3 is 5.69 Å². The monoisotopic (exact) mass is 510 g/mol. The zero-order valence-corrected chi connectivity index (χ0v) is 22.9. The maximum Gasteiger partial charge on any atom is 0.329 e. The Balaban J connectivity index is 1.77. The van der Waals surface area contributed by atoms with Gasteiger partial charge in [0.15, 0.2) is 16.3 Å². The van der Waals surface area contributed by atoms with Crippen LogP contribution in [0.3, 0.4) is 0 Å². The molecule has 0 saturated heterocycles. The summed E-state index contributed by atoms with van der Waals surface area (Å²) in [7, 11) is 1.64. The van der Waals surface area contributed by atoms with Crippen molar-refractivity contribution in [3.8, 4) is 0 Å². The van der Waals surface area contributed by atoms with Crippen LogP contribution >= 0.6 is 23.4 Å². The molecule has 1 N–H and O–H groups in total. The number of aryl methyl sites for hydroxylation is 2. The zero-order chi connectivity index (χ0) is 24.8. The average Bonchev–Trinajstić information content (AvgIpc) is 3.16. The first kappa shape index (κ1) is 28.8. The number of thioether (sulfide) groups is 1. The van der Waals surface area contributed by atoms with Gasteiger partial charge in [-0.2, -0.15) is 0 Å². The van der Waals surface area contributed by atoms with Gasteiger partial charge in [-0.3, -0.25) is 14.3 Å². The van der Waals surface area contributed by atoms with E-state index >= 15 is 0 Å². The van der Waals surface area contributed by atoms with Crippen LogP contribution in [0, 0.1) is 0 Å². The van der Waals surface area contributed by atoms with Gasteiger partial charge in [0.1, 0.15) is 0 Å². The minimum Gasteiger partial charge on any atom is -0.313 e.